The van der Waals surface area contributed by atoms with Gasteiger partial charge in [-0.05, 0) is 25.1 Å². The number of hydrogen-bond acceptors (Lipinski definition) is 3. The smallest absolute Gasteiger partial charge is 0.178 e. The van der Waals surface area contributed by atoms with Crippen LogP contribution in [0.25, 0.3) is 0 Å². The number of likely N-dealkylation sites (N-methyl/N-ethyl adjacent to an activating group) is 1. The van der Waals surface area contributed by atoms with Gasteiger partial charge in [0.2, 0.25) is 0 Å². The Balaban J connectivity index is 2.66. The van der Waals surface area contributed by atoms with Gasteiger partial charge in [0, 0.05) is 18.0 Å². The number of ketones is 1. The van der Waals surface area contributed by atoms with Gasteiger partial charge in [0.1, 0.15) is 0 Å². The van der Waals surface area contributed by atoms with Crippen molar-refractivity contribution < 1.29 is 4.79 Å². The number of aryl methyl sites for hydroxylation is 1. The average Bonchev–Trinajstić information content (AvgIpc) is 2.14. The van der Waals surface area contributed by atoms with Crippen LogP contribution in [0.5, 0.6) is 0 Å². The molecule has 0 aromatic carbocycles. The fraction of sp³-hybridized carbons (Fsp3) is 0.400. The highest BCUT2D eigenvalue weighted by Gasteiger charge is 2.04. The van der Waals surface area contributed by atoms with Gasteiger partial charge < -0.3 is 5.32 Å². The van der Waals surface area contributed by atoms with Crippen LogP contribution in [0.3, 0.4) is 0 Å². The van der Waals surface area contributed by atoms with Gasteiger partial charge in [-0.15, -0.1) is 0 Å². The zero-order chi connectivity index (χ0) is 9.68. The third-order valence-corrected chi connectivity index (χ3v) is 1.73. The number of nitrogens with zero attached hydrogens (tertiary/aromatic N) is 1. The van der Waals surface area contributed by atoms with E-state index in [1.54, 1.807) is 12.4 Å². The van der Waals surface area contributed by atoms with Crippen LogP contribution in [0.4, 0.5) is 0 Å². The number of rotatable bonds is 4. The van der Waals surface area contributed by atoms with Crippen LogP contribution >= 0.6 is 0 Å². The molecule has 1 heterocycles. The van der Waals surface area contributed by atoms with Crippen LogP contribution in [-0.4, -0.2) is 23.9 Å². The molecule has 0 radical (unpaired) electrons. The lowest BCUT2D eigenvalue weighted by Crippen LogP contribution is -2.22. The van der Waals surface area contributed by atoms with Gasteiger partial charge in [-0.3, -0.25) is 9.78 Å². The van der Waals surface area contributed by atoms with Crippen LogP contribution in [0.2, 0.25) is 0 Å². The summed E-state index contributed by atoms with van der Waals surface area (Å²) in [5.74, 6) is 0.0954. The number of aromatic nitrogens is 1. The third kappa shape index (κ3) is 2.95. The predicted octanol–water partition coefficient (Wildman–Crippen LogP) is 1.18. The Kier molecular flexibility index (Phi) is 3.58. The van der Waals surface area contributed by atoms with Crippen molar-refractivity contribution in [3.05, 3.63) is 29.6 Å². The van der Waals surface area contributed by atoms with E-state index in [0.29, 0.717) is 12.1 Å². The Labute approximate surface area is 78.2 Å². The molecule has 0 fully saturated rings. The molecule has 0 saturated heterocycles. The summed E-state index contributed by atoms with van der Waals surface area (Å²) in [5.41, 5.74) is 1.70. The minimum atomic E-state index is 0.0954. The van der Waals surface area contributed by atoms with E-state index in [0.717, 1.165) is 12.1 Å². The molecule has 0 unspecified atom stereocenters. The van der Waals surface area contributed by atoms with E-state index in [1.165, 1.54) is 0 Å². The van der Waals surface area contributed by atoms with Gasteiger partial charge in [0.25, 0.3) is 0 Å². The van der Waals surface area contributed by atoms with Crippen molar-refractivity contribution in [1.29, 1.82) is 0 Å². The van der Waals surface area contributed by atoms with Crippen LogP contribution in [0.1, 0.15) is 22.8 Å². The van der Waals surface area contributed by atoms with Gasteiger partial charge in [0.15, 0.2) is 5.78 Å². The van der Waals surface area contributed by atoms with Gasteiger partial charge in [-0.2, -0.15) is 0 Å². The first-order chi connectivity index (χ1) is 6.24. The molecular formula is C10H14N2O. The van der Waals surface area contributed by atoms with E-state index in [4.69, 9.17) is 0 Å². The highest BCUT2D eigenvalue weighted by molar-refractivity contribution is 5.97. The first kappa shape index (κ1) is 9.86. The molecule has 1 aromatic heterocycles. The lowest BCUT2D eigenvalue weighted by atomic mass is 10.1. The highest BCUT2D eigenvalue weighted by atomic mass is 16.1. The molecule has 1 rings (SSSR count). The number of pyridine rings is 1. The minimum Gasteiger partial charge on any atom is -0.310 e. The number of hydrogen-bond donors (Lipinski definition) is 1. The van der Waals surface area contributed by atoms with E-state index in [9.17, 15) is 4.79 Å². The first-order valence-corrected chi connectivity index (χ1v) is 4.39. The number of Topliss-reactive ketones (excluding diaryl/α,β-unsaturated/α-hetero) is 1. The van der Waals surface area contributed by atoms with Crippen molar-refractivity contribution in [2.45, 2.75) is 13.8 Å². The van der Waals surface area contributed by atoms with Crippen molar-refractivity contribution in [2.24, 2.45) is 0 Å². The maximum atomic E-state index is 11.5. The molecule has 0 spiro atoms. The van der Waals surface area contributed by atoms with Crippen molar-refractivity contribution in [2.75, 3.05) is 13.1 Å². The third-order valence-electron chi connectivity index (χ3n) is 1.73. The summed E-state index contributed by atoms with van der Waals surface area (Å²) in [4.78, 5) is 15.4. The number of nitrogens with one attached hydrogen (secondary N) is 1. The molecule has 1 aromatic rings. The Bertz CT molecular complexity index is 297. The molecule has 0 bridgehead atoms. The fourth-order valence-electron chi connectivity index (χ4n) is 1.05. The molecule has 3 heteroatoms. The fourth-order valence-corrected chi connectivity index (χ4v) is 1.05. The highest BCUT2D eigenvalue weighted by Crippen LogP contribution is 2.01. The van der Waals surface area contributed by atoms with E-state index >= 15 is 0 Å². The Morgan fingerprint density at radius 2 is 2.31 bits per heavy atom. The zero-order valence-corrected chi connectivity index (χ0v) is 8.00. The van der Waals surface area contributed by atoms with Crippen molar-refractivity contribution >= 4 is 5.78 Å². The molecule has 0 amide bonds. The largest absolute Gasteiger partial charge is 0.310 e. The lowest BCUT2D eigenvalue weighted by Gasteiger charge is -2.01. The summed E-state index contributed by atoms with van der Waals surface area (Å²) in [5, 5.41) is 2.99. The molecule has 0 aliphatic rings. The maximum Gasteiger partial charge on any atom is 0.178 e. The van der Waals surface area contributed by atoms with Gasteiger partial charge in [-0.25, -0.2) is 0 Å². The predicted molar refractivity (Wildman–Crippen MR) is 51.8 cm³/mol. The van der Waals surface area contributed by atoms with Crippen molar-refractivity contribution in [1.82, 2.24) is 10.3 Å². The monoisotopic (exact) mass is 178 g/mol. The average molecular weight is 178 g/mol. The van der Waals surface area contributed by atoms with Crippen LogP contribution < -0.4 is 5.32 Å². The van der Waals surface area contributed by atoms with Gasteiger partial charge in [-0.1, -0.05) is 6.92 Å². The topological polar surface area (TPSA) is 42.0 Å². The van der Waals surface area contributed by atoms with E-state index in [-0.39, 0.29) is 5.78 Å². The second kappa shape index (κ2) is 4.72. The van der Waals surface area contributed by atoms with Crippen molar-refractivity contribution in [3.63, 3.8) is 0 Å². The molecule has 70 valence electrons. The normalized spacial score (nSPS) is 10.0. The molecule has 3 nitrogen and oxygen atoms in total. The van der Waals surface area contributed by atoms with Gasteiger partial charge in [0.05, 0.1) is 6.54 Å². The maximum absolute atomic E-state index is 11.5. The molecule has 0 atom stereocenters. The quantitative estimate of drug-likeness (QED) is 0.704. The van der Waals surface area contributed by atoms with E-state index < -0.39 is 0 Å². The van der Waals surface area contributed by atoms with Crippen LogP contribution in [0, 0.1) is 6.92 Å². The van der Waals surface area contributed by atoms with Crippen molar-refractivity contribution in [3.8, 4) is 0 Å². The summed E-state index contributed by atoms with van der Waals surface area (Å²) in [6.45, 7) is 5.10. The summed E-state index contributed by atoms with van der Waals surface area (Å²) < 4.78 is 0. The summed E-state index contributed by atoms with van der Waals surface area (Å²) in [7, 11) is 0. The standard InChI is InChI=1S/C10H14N2O/c1-3-11-7-10(13)9-4-8(2)5-12-6-9/h4-6,11H,3,7H2,1-2H3. The minimum absolute atomic E-state index is 0.0954. The zero-order valence-electron chi connectivity index (χ0n) is 8.00. The van der Waals surface area contributed by atoms with E-state index in [1.807, 2.05) is 19.9 Å². The second-order valence-electron chi connectivity index (χ2n) is 2.95. The lowest BCUT2D eigenvalue weighted by molar-refractivity contribution is 0.0991. The Hall–Kier alpha value is -1.22. The molecule has 1 N–H and O–H groups in total. The molecule has 0 aliphatic carbocycles. The number of carbonyl (C=O) groups is 1. The second-order valence-corrected chi connectivity index (χ2v) is 2.95. The molecule has 0 saturated carbocycles. The Morgan fingerprint density at radius 3 is 2.92 bits per heavy atom. The van der Waals surface area contributed by atoms with Crippen LogP contribution in [-0.2, 0) is 0 Å². The Morgan fingerprint density at radius 1 is 1.54 bits per heavy atom. The van der Waals surface area contributed by atoms with Crippen LogP contribution in [0.15, 0.2) is 18.5 Å². The molecular weight excluding hydrogens is 164 g/mol. The SMILES string of the molecule is CCNCC(=O)c1cncc(C)c1. The summed E-state index contributed by atoms with van der Waals surface area (Å²) in [6, 6.07) is 1.85. The molecule has 13 heavy (non-hydrogen) atoms. The molecule has 0 aliphatic heterocycles. The summed E-state index contributed by atoms with van der Waals surface area (Å²) in [6.07, 6.45) is 3.34. The summed E-state index contributed by atoms with van der Waals surface area (Å²) >= 11 is 0. The number of carbonyl (C=O) groups excluding carboxylic acids is 1. The van der Waals surface area contributed by atoms with Gasteiger partial charge >= 0.3 is 0 Å². The first-order valence-electron chi connectivity index (χ1n) is 4.39. The van der Waals surface area contributed by atoms with E-state index in [2.05, 4.69) is 10.3 Å².